The molecule has 3 N–H and O–H groups in total. The van der Waals surface area contributed by atoms with Crippen molar-refractivity contribution in [1.29, 1.82) is 0 Å². The average Bonchev–Trinajstić information content (AvgIpc) is 3.33. The van der Waals surface area contributed by atoms with Gasteiger partial charge >= 0.3 is 5.97 Å². The van der Waals surface area contributed by atoms with E-state index in [1.807, 2.05) is 12.1 Å². The molecule has 1 unspecified atom stereocenters. The number of aromatic amines is 1. The fourth-order valence-corrected chi connectivity index (χ4v) is 6.62. The number of aromatic nitrogens is 1. The van der Waals surface area contributed by atoms with Crippen LogP contribution in [-0.2, 0) is 14.8 Å². The number of aliphatic imine (C=N–C) groups is 1. The molecule has 4 rings (SSSR count). The zero-order valence-corrected chi connectivity index (χ0v) is 17.2. The zero-order chi connectivity index (χ0) is 19.9. The molecular formula is C18H17N3O4S3. The van der Waals surface area contributed by atoms with Crippen molar-refractivity contribution in [3.63, 3.8) is 0 Å². The average molecular weight is 436 g/mol. The third kappa shape index (κ3) is 3.67. The number of carboxylic acids is 1. The number of fused-ring (bicyclic) bond motifs is 1. The number of H-pyrrole nitrogens is 1. The Kier molecular flexibility index (Phi) is 4.94. The first-order valence-corrected chi connectivity index (χ1v) is 11.7. The fourth-order valence-electron chi connectivity index (χ4n) is 3.05. The second-order valence-corrected chi connectivity index (χ2v) is 10.5. The first-order chi connectivity index (χ1) is 13.3. The van der Waals surface area contributed by atoms with Crippen LogP contribution in [0.2, 0.25) is 0 Å². The number of sulfonamides is 1. The molecule has 0 bridgehead atoms. The number of anilines is 1. The normalized spacial score (nSPS) is 17.0. The third-order valence-corrected chi connectivity index (χ3v) is 8.58. The van der Waals surface area contributed by atoms with Crippen LogP contribution in [0.3, 0.4) is 0 Å². The Hall–Kier alpha value is -2.30. The number of carboxylic acid groups (broad SMARTS) is 1. The lowest BCUT2D eigenvalue weighted by Gasteiger charge is -2.08. The molecule has 1 aliphatic rings. The number of nitrogens with one attached hydrogen (secondary N) is 2. The van der Waals surface area contributed by atoms with Crippen molar-refractivity contribution >= 4 is 60.7 Å². The lowest BCUT2D eigenvalue weighted by Crippen LogP contribution is -2.12. The summed E-state index contributed by atoms with van der Waals surface area (Å²) in [4.78, 5) is 18.6. The van der Waals surface area contributed by atoms with E-state index in [9.17, 15) is 13.2 Å². The predicted molar refractivity (Wildman–Crippen MR) is 113 cm³/mol. The molecule has 3 heterocycles. The first kappa shape index (κ1) is 19.0. The number of aryl methyl sites for hydroxylation is 1. The molecule has 0 spiro atoms. The van der Waals surface area contributed by atoms with Crippen LogP contribution in [0, 0.1) is 6.92 Å². The van der Waals surface area contributed by atoms with Gasteiger partial charge in [-0.05, 0) is 36.1 Å². The molecule has 0 radical (unpaired) electrons. The van der Waals surface area contributed by atoms with E-state index >= 15 is 0 Å². The van der Waals surface area contributed by atoms with Crippen LogP contribution in [0.1, 0.15) is 17.7 Å². The Morgan fingerprint density at radius 3 is 2.93 bits per heavy atom. The van der Waals surface area contributed by atoms with Crippen LogP contribution in [0.25, 0.3) is 10.9 Å². The van der Waals surface area contributed by atoms with E-state index in [1.165, 1.54) is 23.1 Å². The van der Waals surface area contributed by atoms with E-state index in [4.69, 9.17) is 5.11 Å². The van der Waals surface area contributed by atoms with E-state index < -0.39 is 16.0 Å². The lowest BCUT2D eigenvalue weighted by molar-refractivity contribution is -0.136. The molecule has 0 saturated heterocycles. The van der Waals surface area contributed by atoms with Crippen LogP contribution in [0.5, 0.6) is 0 Å². The van der Waals surface area contributed by atoms with Crippen molar-refractivity contribution in [3.05, 3.63) is 47.0 Å². The molecule has 7 nitrogen and oxygen atoms in total. The number of thioether (sulfide) groups is 1. The minimum atomic E-state index is -3.68. The number of benzene rings is 1. The standard InChI is InChI=1S/C18H17N3O4S3/c1-10-5-6-26-18(10)28(24,25)21-13-4-2-3-11-7-14(20-16(11)13)17-19-9-12(27-17)8-15(22)23/h2-7,12,20-21H,8-9H2,1H3,(H,22,23). The summed E-state index contributed by atoms with van der Waals surface area (Å²) < 4.78 is 28.4. The van der Waals surface area contributed by atoms with Gasteiger partial charge < -0.3 is 10.1 Å². The van der Waals surface area contributed by atoms with Gasteiger partial charge in [0.2, 0.25) is 0 Å². The molecule has 28 heavy (non-hydrogen) atoms. The van der Waals surface area contributed by atoms with Crippen LogP contribution >= 0.6 is 23.1 Å². The smallest absolute Gasteiger partial charge is 0.304 e. The van der Waals surface area contributed by atoms with Gasteiger partial charge in [-0.25, -0.2) is 8.42 Å². The molecule has 0 saturated carbocycles. The Morgan fingerprint density at radius 1 is 1.39 bits per heavy atom. The molecule has 0 amide bonds. The Balaban J connectivity index is 1.63. The van der Waals surface area contributed by atoms with Crippen LogP contribution in [0.4, 0.5) is 5.69 Å². The zero-order valence-electron chi connectivity index (χ0n) is 14.8. The summed E-state index contributed by atoms with van der Waals surface area (Å²) in [5.74, 6) is -0.842. The highest BCUT2D eigenvalue weighted by Crippen LogP contribution is 2.32. The van der Waals surface area contributed by atoms with Gasteiger partial charge in [0.15, 0.2) is 0 Å². The van der Waals surface area contributed by atoms with Gasteiger partial charge in [0.1, 0.15) is 9.25 Å². The molecular weight excluding hydrogens is 418 g/mol. The van der Waals surface area contributed by atoms with Gasteiger partial charge in [-0.3, -0.25) is 14.5 Å². The summed E-state index contributed by atoms with van der Waals surface area (Å²) in [6.07, 6.45) is 0.0586. The summed E-state index contributed by atoms with van der Waals surface area (Å²) in [7, 11) is -3.68. The molecule has 0 fully saturated rings. The largest absolute Gasteiger partial charge is 0.481 e. The minimum absolute atomic E-state index is 0.0586. The Morgan fingerprint density at radius 2 is 2.21 bits per heavy atom. The van der Waals surface area contributed by atoms with E-state index in [2.05, 4.69) is 14.7 Å². The molecule has 146 valence electrons. The summed E-state index contributed by atoms with van der Waals surface area (Å²) in [5, 5.41) is 12.2. The summed E-state index contributed by atoms with van der Waals surface area (Å²) >= 11 is 2.61. The van der Waals surface area contributed by atoms with Crippen molar-refractivity contribution in [2.24, 2.45) is 4.99 Å². The Labute approximate surface area is 169 Å². The molecule has 1 atom stereocenters. The maximum Gasteiger partial charge on any atom is 0.304 e. The number of hydrogen-bond acceptors (Lipinski definition) is 6. The van der Waals surface area contributed by atoms with Crippen molar-refractivity contribution in [2.75, 3.05) is 11.3 Å². The van der Waals surface area contributed by atoms with E-state index in [0.717, 1.165) is 16.1 Å². The summed E-state index contributed by atoms with van der Waals surface area (Å²) in [6, 6.07) is 9.06. The van der Waals surface area contributed by atoms with E-state index in [1.54, 1.807) is 30.5 Å². The minimum Gasteiger partial charge on any atom is -0.481 e. The van der Waals surface area contributed by atoms with Crippen LogP contribution < -0.4 is 4.72 Å². The van der Waals surface area contributed by atoms with E-state index in [0.29, 0.717) is 27.5 Å². The highest BCUT2D eigenvalue weighted by molar-refractivity contribution is 8.15. The second-order valence-electron chi connectivity index (χ2n) is 6.43. The Bertz CT molecular complexity index is 1190. The number of thiophene rings is 1. The SMILES string of the molecule is Cc1ccsc1S(=O)(=O)Nc1cccc2cc(C3=NCC(CC(=O)O)S3)[nH]c12. The van der Waals surface area contributed by atoms with Crippen molar-refractivity contribution in [1.82, 2.24) is 4.98 Å². The molecule has 1 aromatic carbocycles. The number of nitrogens with zero attached hydrogens (tertiary/aromatic N) is 1. The predicted octanol–water partition coefficient (Wildman–Crippen LogP) is 3.68. The lowest BCUT2D eigenvalue weighted by atomic mass is 10.2. The fraction of sp³-hybridized carbons (Fsp3) is 0.222. The van der Waals surface area contributed by atoms with Crippen molar-refractivity contribution in [2.45, 2.75) is 22.8 Å². The number of para-hydroxylation sites is 1. The van der Waals surface area contributed by atoms with Gasteiger partial charge in [-0.1, -0.05) is 23.9 Å². The number of carbonyl (C=O) groups is 1. The van der Waals surface area contributed by atoms with Gasteiger partial charge in [0.25, 0.3) is 10.0 Å². The molecule has 0 aliphatic carbocycles. The van der Waals surface area contributed by atoms with Crippen molar-refractivity contribution < 1.29 is 18.3 Å². The molecule has 2 aromatic heterocycles. The number of aliphatic carboxylic acids is 1. The monoisotopic (exact) mass is 435 g/mol. The van der Waals surface area contributed by atoms with Gasteiger partial charge in [-0.15, -0.1) is 11.3 Å². The quantitative estimate of drug-likeness (QED) is 0.547. The molecule has 3 aromatic rings. The number of hydrogen-bond donors (Lipinski definition) is 3. The second kappa shape index (κ2) is 7.26. The maximum atomic E-state index is 12.7. The van der Waals surface area contributed by atoms with Crippen LogP contribution in [-0.4, -0.2) is 41.3 Å². The maximum absolute atomic E-state index is 12.7. The molecule has 10 heteroatoms. The first-order valence-electron chi connectivity index (χ1n) is 8.45. The number of rotatable bonds is 6. The molecule has 1 aliphatic heterocycles. The van der Waals surface area contributed by atoms with Crippen LogP contribution in [0.15, 0.2) is 44.9 Å². The van der Waals surface area contributed by atoms with Gasteiger partial charge in [0.05, 0.1) is 29.9 Å². The topological polar surface area (TPSA) is 112 Å². The highest BCUT2D eigenvalue weighted by Gasteiger charge is 2.25. The summed E-state index contributed by atoms with van der Waals surface area (Å²) in [5.41, 5.74) is 2.59. The van der Waals surface area contributed by atoms with Gasteiger partial charge in [-0.2, -0.15) is 0 Å². The highest BCUT2D eigenvalue weighted by atomic mass is 32.2. The van der Waals surface area contributed by atoms with Crippen molar-refractivity contribution in [3.8, 4) is 0 Å². The van der Waals surface area contributed by atoms with E-state index in [-0.39, 0.29) is 11.7 Å². The summed E-state index contributed by atoms with van der Waals surface area (Å²) in [6.45, 7) is 2.22. The third-order valence-electron chi connectivity index (χ3n) is 4.31. The van der Waals surface area contributed by atoms with Gasteiger partial charge in [0, 0.05) is 10.6 Å².